The molecule has 1 amide bonds. The minimum absolute atomic E-state index is 0.0216. The van der Waals surface area contributed by atoms with Gasteiger partial charge < -0.3 is 24.2 Å². The molecule has 4 aromatic rings. The van der Waals surface area contributed by atoms with E-state index in [0.29, 0.717) is 11.3 Å². The molecule has 0 radical (unpaired) electrons. The lowest BCUT2D eigenvalue weighted by atomic mass is 9.72. The zero-order valence-corrected chi connectivity index (χ0v) is 28.2. The van der Waals surface area contributed by atoms with Gasteiger partial charge in [0.2, 0.25) is 5.91 Å². The largest absolute Gasteiger partial charge is 0.485 e. The summed E-state index contributed by atoms with van der Waals surface area (Å²) in [6.07, 6.45) is 6.00. The van der Waals surface area contributed by atoms with Crippen molar-refractivity contribution >= 4 is 33.5 Å². The smallest absolute Gasteiger partial charge is 0.319 e. The van der Waals surface area contributed by atoms with E-state index in [0.717, 1.165) is 122 Å². The molecule has 0 bridgehead atoms. The Balaban J connectivity index is 1.28. The summed E-state index contributed by atoms with van der Waals surface area (Å²) in [4.78, 5) is 28.7. The number of nitrogens with one attached hydrogen (secondary N) is 1. The first kappa shape index (κ1) is 31.9. The molecule has 1 aliphatic carbocycles. The number of hydrogen-bond acceptors (Lipinski definition) is 8. The quantitative estimate of drug-likeness (QED) is 0.214. The molecule has 0 unspecified atom stereocenters. The monoisotopic (exact) mass is 671 g/mol. The van der Waals surface area contributed by atoms with Gasteiger partial charge in [-0.15, -0.1) is 0 Å². The molecule has 1 saturated carbocycles. The molecule has 8 rings (SSSR count). The Hall–Kier alpha value is -4.32. The molecule has 3 saturated heterocycles. The van der Waals surface area contributed by atoms with Gasteiger partial charge in [-0.25, -0.2) is 8.78 Å². The molecule has 4 aliphatic rings. The first-order valence-electron chi connectivity index (χ1n) is 17.5. The maximum Gasteiger partial charge on any atom is 0.319 e. The molecule has 1 spiro atoms. The summed E-state index contributed by atoms with van der Waals surface area (Å²) in [5.41, 5.74) is 5.22. The Morgan fingerprint density at radius 2 is 1.84 bits per heavy atom. The van der Waals surface area contributed by atoms with Crippen LogP contribution in [0.1, 0.15) is 55.6 Å². The molecule has 10 nitrogen and oxygen atoms in total. The minimum Gasteiger partial charge on any atom is -0.485 e. The van der Waals surface area contributed by atoms with Crippen LogP contribution in [-0.4, -0.2) is 101 Å². The van der Waals surface area contributed by atoms with Crippen molar-refractivity contribution in [2.45, 2.75) is 63.9 Å². The maximum atomic E-state index is 14.0. The zero-order valence-electron chi connectivity index (χ0n) is 28.2. The first-order valence-corrected chi connectivity index (χ1v) is 17.5. The molecule has 3 aliphatic heterocycles. The fraction of sp³-hybridized carbons (Fsp3) is 0.514. The van der Waals surface area contributed by atoms with Crippen molar-refractivity contribution in [1.82, 2.24) is 30.0 Å². The lowest BCUT2D eigenvalue weighted by molar-refractivity contribution is -0.139. The van der Waals surface area contributed by atoms with Crippen molar-refractivity contribution in [3.8, 4) is 22.9 Å². The molecular formula is C37H43F2N7O3. The van der Waals surface area contributed by atoms with Gasteiger partial charge in [-0.05, 0) is 93.3 Å². The van der Waals surface area contributed by atoms with Crippen LogP contribution in [0.3, 0.4) is 0 Å². The van der Waals surface area contributed by atoms with Gasteiger partial charge in [0.25, 0.3) is 6.43 Å². The van der Waals surface area contributed by atoms with E-state index in [9.17, 15) is 13.6 Å². The number of aromatic amines is 1. The highest BCUT2D eigenvalue weighted by Gasteiger charge is 2.46. The van der Waals surface area contributed by atoms with Crippen LogP contribution in [0.15, 0.2) is 37.1 Å². The van der Waals surface area contributed by atoms with Crippen LogP contribution in [0.4, 0.5) is 14.6 Å². The highest BCUT2D eigenvalue weighted by atomic mass is 19.3. The second-order valence-corrected chi connectivity index (χ2v) is 14.5. The predicted octanol–water partition coefficient (Wildman–Crippen LogP) is 6.09. The van der Waals surface area contributed by atoms with E-state index in [4.69, 9.17) is 19.4 Å². The number of piperidine rings is 2. The van der Waals surface area contributed by atoms with E-state index in [1.54, 1.807) is 6.20 Å². The van der Waals surface area contributed by atoms with Gasteiger partial charge in [-0.3, -0.25) is 9.89 Å². The molecule has 258 valence electrons. The van der Waals surface area contributed by atoms with Crippen molar-refractivity contribution in [2.24, 2.45) is 5.41 Å². The number of ether oxygens (including phenoxy) is 2. The number of fused-ring (bicyclic) bond motifs is 2. The number of carbonyl (C=O) groups is 1. The number of hydrogen-bond donors (Lipinski definition) is 1. The van der Waals surface area contributed by atoms with Gasteiger partial charge >= 0.3 is 6.01 Å². The average Bonchev–Trinajstić information content (AvgIpc) is 3.82. The van der Waals surface area contributed by atoms with Gasteiger partial charge in [-0.1, -0.05) is 12.6 Å². The van der Waals surface area contributed by atoms with Crippen LogP contribution in [0.5, 0.6) is 11.8 Å². The summed E-state index contributed by atoms with van der Waals surface area (Å²) in [6, 6.07) is 6.45. The number of likely N-dealkylation sites (tertiary alicyclic amines) is 2. The first-order chi connectivity index (χ1) is 23.7. The number of halogens is 2. The van der Waals surface area contributed by atoms with E-state index in [1.165, 1.54) is 6.08 Å². The third kappa shape index (κ3) is 5.98. The highest BCUT2D eigenvalue weighted by Crippen LogP contribution is 2.53. The van der Waals surface area contributed by atoms with E-state index in [-0.39, 0.29) is 29.4 Å². The Morgan fingerprint density at radius 1 is 1.08 bits per heavy atom. The number of aromatic nitrogens is 4. The molecule has 5 heterocycles. The molecule has 12 heteroatoms. The van der Waals surface area contributed by atoms with Crippen LogP contribution < -0.4 is 14.4 Å². The van der Waals surface area contributed by atoms with Gasteiger partial charge in [0, 0.05) is 61.0 Å². The van der Waals surface area contributed by atoms with Crippen molar-refractivity contribution < 1.29 is 23.0 Å². The number of rotatable bonds is 9. The van der Waals surface area contributed by atoms with Crippen LogP contribution in [0.2, 0.25) is 0 Å². The summed E-state index contributed by atoms with van der Waals surface area (Å²) >= 11 is 0. The standard InChI is InChI=1S/C37H43F2N7O3/c1-4-30(47)46-20-37(21-46)11-15-45(16-12-37)35-26-17-25(23-6-7-23)32(31-22(2)5-8-28-27(31)18-40-43-28)34(48-19-29(38)39)33(26)41-36(42-35)49-24-9-13-44(3)14-10-24/h4-5,8,17-18,23-24,29H,1,6-7,9-16,19-21H2,2-3H3,(H,40,43). The van der Waals surface area contributed by atoms with Crippen LogP contribution in [0, 0.1) is 12.3 Å². The molecule has 2 aromatic heterocycles. The van der Waals surface area contributed by atoms with E-state index in [2.05, 4.69) is 39.7 Å². The van der Waals surface area contributed by atoms with Crippen molar-refractivity contribution in [2.75, 3.05) is 57.8 Å². The van der Waals surface area contributed by atoms with Gasteiger partial charge in [0.1, 0.15) is 24.0 Å². The summed E-state index contributed by atoms with van der Waals surface area (Å²) in [5, 5.41) is 9.09. The normalized spacial score (nSPS) is 19.9. The van der Waals surface area contributed by atoms with Crippen LogP contribution in [-0.2, 0) is 4.79 Å². The van der Waals surface area contributed by atoms with E-state index < -0.39 is 13.0 Å². The molecule has 2 aromatic carbocycles. The van der Waals surface area contributed by atoms with Gasteiger partial charge in [0.15, 0.2) is 5.75 Å². The van der Waals surface area contributed by atoms with E-state index in [1.807, 2.05) is 24.0 Å². The number of H-pyrrole nitrogens is 1. The number of anilines is 1. The van der Waals surface area contributed by atoms with Crippen molar-refractivity contribution in [3.63, 3.8) is 0 Å². The second kappa shape index (κ2) is 12.5. The molecule has 1 N–H and O–H groups in total. The van der Waals surface area contributed by atoms with E-state index >= 15 is 0 Å². The Bertz CT molecular complexity index is 1900. The third-order valence-corrected chi connectivity index (χ3v) is 11.0. The number of carbonyl (C=O) groups excluding carboxylic acids is 1. The van der Waals surface area contributed by atoms with Gasteiger partial charge in [0.05, 0.1) is 11.7 Å². The summed E-state index contributed by atoms with van der Waals surface area (Å²) in [6.45, 7) is 9.71. The fourth-order valence-corrected chi connectivity index (χ4v) is 8.04. The van der Waals surface area contributed by atoms with Crippen molar-refractivity contribution in [3.05, 3.63) is 48.2 Å². The molecule has 49 heavy (non-hydrogen) atoms. The SMILES string of the molecule is C=CC(=O)N1CC2(CCN(c3nc(OC4CCN(C)CC4)nc4c(OCC(F)F)c(-c5c(C)ccc6[nH]ncc56)c(C5CC5)cc34)CC2)C1. The Morgan fingerprint density at radius 3 is 2.53 bits per heavy atom. The summed E-state index contributed by atoms with van der Waals surface area (Å²) < 4.78 is 40.6. The second-order valence-electron chi connectivity index (χ2n) is 14.5. The van der Waals surface area contributed by atoms with Crippen molar-refractivity contribution in [1.29, 1.82) is 0 Å². The summed E-state index contributed by atoms with van der Waals surface area (Å²) in [5.74, 6) is 1.34. The molecular weight excluding hydrogens is 628 g/mol. The minimum atomic E-state index is -2.66. The predicted molar refractivity (Wildman–Crippen MR) is 185 cm³/mol. The zero-order chi connectivity index (χ0) is 33.9. The number of amides is 1. The number of benzene rings is 2. The maximum absolute atomic E-state index is 14.0. The number of alkyl halides is 2. The lowest BCUT2D eigenvalue weighted by Gasteiger charge is -2.54. The third-order valence-electron chi connectivity index (χ3n) is 11.0. The lowest BCUT2D eigenvalue weighted by Crippen LogP contribution is -2.61. The molecule has 4 fully saturated rings. The van der Waals surface area contributed by atoms with Crippen LogP contribution >= 0.6 is 0 Å². The Labute approximate surface area is 284 Å². The fourth-order valence-electron chi connectivity index (χ4n) is 8.04. The number of nitrogens with zero attached hydrogens (tertiary/aromatic N) is 6. The van der Waals surface area contributed by atoms with Crippen LogP contribution in [0.25, 0.3) is 32.9 Å². The molecule has 0 atom stereocenters. The number of aryl methyl sites for hydroxylation is 1. The Kier molecular flexibility index (Phi) is 8.16. The highest BCUT2D eigenvalue weighted by molar-refractivity contribution is 6.06. The topological polar surface area (TPSA) is 99.7 Å². The summed E-state index contributed by atoms with van der Waals surface area (Å²) in [7, 11) is 2.10. The average molecular weight is 672 g/mol. The van der Waals surface area contributed by atoms with Gasteiger partial charge in [-0.2, -0.15) is 15.1 Å².